The predicted molar refractivity (Wildman–Crippen MR) is 69.3 cm³/mol. The fourth-order valence-corrected chi connectivity index (χ4v) is 1.63. The molecule has 0 radical (unpaired) electrons. The largest absolute Gasteiger partial charge is 0.383 e. The number of hydrogen-bond acceptors (Lipinski definition) is 4. The van der Waals surface area contributed by atoms with Crippen molar-refractivity contribution in [2.24, 2.45) is 13.0 Å². The second-order valence-electron chi connectivity index (χ2n) is 4.14. The zero-order chi connectivity index (χ0) is 13.0. The van der Waals surface area contributed by atoms with E-state index in [1.165, 1.54) is 11.6 Å². The quantitative estimate of drug-likeness (QED) is 0.699. The van der Waals surface area contributed by atoms with E-state index in [1.54, 1.807) is 0 Å². The summed E-state index contributed by atoms with van der Waals surface area (Å²) in [5.74, 6) is 0.663. The highest BCUT2D eigenvalue weighted by Gasteiger charge is 2.11. The lowest BCUT2D eigenvalue weighted by molar-refractivity contribution is 0.518. The highest BCUT2D eigenvalue weighted by Crippen LogP contribution is 2.12. The molecule has 6 nitrogen and oxygen atoms in total. The standard InChI is InChI=1S/C11H20N4O2/c1-4-7(5-2)6-13-8-9(12)15(3)11(17)14-10(8)16/h7,13H,4-6,12H2,1-3H3,(H,14,16,17). The summed E-state index contributed by atoms with van der Waals surface area (Å²) < 4.78 is 1.22. The Morgan fingerprint density at radius 1 is 1.35 bits per heavy atom. The van der Waals surface area contributed by atoms with Crippen molar-refractivity contribution in [2.75, 3.05) is 17.6 Å². The molecule has 0 spiro atoms. The first-order valence-corrected chi connectivity index (χ1v) is 5.83. The van der Waals surface area contributed by atoms with Crippen molar-refractivity contribution in [1.29, 1.82) is 0 Å². The van der Waals surface area contributed by atoms with Crippen LogP contribution in [-0.4, -0.2) is 16.1 Å². The summed E-state index contributed by atoms with van der Waals surface area (Å²) in [4.78, 5) is 25.1. The molecule has 0 amide bonds. The number of nitrogens with zero attached hydrogens (tertiary/aromatic N) is 1. The van der Waals surface area contributed by atoms with E-state index in [1.807, 2.05) is 0 Å². The van der Waals surface area contributed by atoms with Gasteiger partial charge in [-0.1, -0.05) is 26.7 Å². The topological polar surface area (TPSA) is 92.9 Å². The molecule has 1 aromatic heterocycles. The van der Waals surface area contributed by atoms with E-state index in [9.17, 15) is 9.59 Å². The molecular weight excluding hydrogens is 220 g/mol. The first-order chi connectivity index (χ1) is 8.01. The van der Waals surface area contributed by atoms with E-state index in [-0.39, 0.29) is 11.5 Å². The predicted octanol–water partition coefficient (Wildman–Crippen LogP) is 0.504. The van der Waals surface area contributed by atoms with Gasteiger partial charge in [0.25, 0.3) is 5.56 Å². The number of H-pyrrole nitrogens is 1. The zero-order valence-corrected chi connectivity index (χ0v) is 10.5. The molecule has 96 valence electrons. The van der Waals surface area contributed by atoms with Crippen LogP contribution in [0.1, 0.15) is 26.7 Å². The Morgan fingerprint density at radius 2 is 1.94 bits per heavy atom. The number of hydrogen-bond donors (Lipinski definition) is 3. The maximum atomic E-state index is 11.6. The lowest BCUT2D eigenvalue weighted by atomic mass is 10.0. The van der Waals surface area contributed by atoms with Crippen molar-refractivity contribution in [3.63, 3.8) is 0 Å². The van der Waals surface area contributed by atoms with Gasteiger partial charge in [-0.15, -0.1) is 0 Å². The molecule has 0 saturated carbocycles. The van der Waals surface area contributed by atoms with Gasteiger partial charge in [0.2, 0.25) is 0 Å². The van der Waals surface area contributed by atoms with Crippen LogP contribution in [-0.2, 0) is 7.05 Å². The number of nitrogens with two attached hydrogens (primary N) is 1. The summed E-state index contributed by atoms with van der Waals surface area (Å²) in [6, 6.07) is 0. The third-order valence-electron chi connectivity index (χ3n) is 3.09. The second-order valence-corrected chi connectivity index (χ2v) is 4.14. The molecule has 0 aromatic carbocycles. The van der Waals surface area contributed by atoms with Crippen LogP contribution in [0.5, 0.6) is 0 Å². The summed E-state index contributed by atoms with van der Waals surface area (Å²) in [5, 5.41) is 3.02. The van der Waals surface area contributed by atoms with Crippen LogP contribution in [0.2, 0.25) is 0 Å². The van der Waals surface area contributed by atoms with Crippen LogP contribution in [0.4, 0.5) is 11.5 Å². The van der Waals surface area contributed by atoms with Crippen molar-refractivity contribution in [3.8, 4) is 0 Å². The Balaban J connectivity index is 2.96. The number of rotatable bonds is 5. The molecule has 1 heterocycles. The van der Waals surface area contributed by atoms with Crippen LogP contribution in [0, 0.1) is 5.92 Å². The minimum atomic E-state index is -0.499. The van der Waals surface area contributed by atoms with Gasteiger partial charge in [0.15, 0.2) is 0 Å². The van der Waals surface area contributed by atoms with Crippen LogP contribution in [0.25, 0.3) is 0 Å². The number of nitrogens with one attached hydrogen (secondary N) is 2. The van der Waals surface area contributed by atoms with Crippen molar-refractivity contribution < 1.29 is 0 Å². The van der Waals surface area contributed by atoms with Gasteiger partial charge in [0.05, 0.1) is 0 Å². The number of aromatic amines is 1. The van der Waals surface area contributed by atoms with Gasteiger partial charge in [-0.05, 0) is 5.92 Å². The summed E-state index contributed by atoms with van der Waals surface area (Å²) in [6.07, 6.45) is 2.07. The van der Waals surface area contributed by atoms with Crippen molar-refractivity contribution in [2.45, 2.75) is 26.7 Å². The minimum absolute atomic E-state index is 0.171. The second kappa shape index (κ2) is 5.56. The van der Waals surface area contributed by atoms with Crippen molar-refractivity contribution >= 4 is 11.5 Å². The van der Waals surface area contributed by atoms with Gasteiger partial charge >= 0.3 is 5.69 Å². The normalized spacial score (nSPS) is 10.8. The van der Waals surface area contributed by atoms with E-state index in [0.717, 1.165) is 12.8 Å². The lowest BCUT2D eigenvalue weighted by Gasteiger charge is -2.15. The summed E-state index contributed by atoms with van der Waals surface area (Å²) >= 11 is 0. The third-order valence-corrected chi connectivity index (χ3v) is 3.09. The average Bonchev–Trinajstić information content (AvgIpc) is 2.31. The summed E-state index contributed by atoms with van der Waals surface area (Å²) in [5.41, 5.74) is 5.05. The van der Waals surface area contributed by atoms with E-state index in [4.69, 9.17) is 5.73 Å². The molecule has 17 heavy (non-hydrogen) atoms. The zero-order valence-electron chi connectivity index (χ0n) is 10.5. The maximum absolute atomic E-state index is 11.6. The van der Waals surface area contributed by atoms with Crippen LogP contribution < -0.4 is 22.3 Å². The van der Waals surface area contributed by atoms with E-state index in [2.05, 4.69) is 24.1 Å². The summed E-state index contributed by atoms with van der Waals surface area (Å²) in [6.45, 7) is 4.88. The number of nitrogen functional groups attached to an aromatic ring is 1. The lowest BCUT2D eigenvalue weighted by Crippen LogP contribution is -2.33. The molecular formula is C11H20N4O2. The number of aromatic nitrogens is 2. The molecule has 1 aromatic rings. The van der Waals surface area contributed by atoms with Crippen LogP contribution >= 0.6 is 0 Å². The molecule has 1 rings (SSSR count). The monoisotopic (exact) mass is 240 g/mol. The van der Waals surface area contributed by atoms with E-state index < -0.39 is 11.2 Å². The molecule has 0 atom stereocenters. The molecule has 0 aliphatic heterocycles. The molecule has 0 bridgehead atoms. The Hall–Kier alpha value is -1.72. The van der Waals surface area contributed by atoms with Gasteiger partial charge in [0.1, 0.15) is 11.5 Å². The molecule has 0 aliphatic rings. The first-order valence-electron chi connectivity index (χ1n) is 5.83. The fourth-order valence-electron chi connectivity index (χ4n) is 1.63. The fraction of sp³-hybridized carbons (Fsp3) is 0.636. The molecule has 0 fully saturated rings. The highest BCUT2D eigenvalue weighted by atomic mass is 16.2. The van der Waals surface area contributed by atoms with Crippen molar-refractivity contribution in [3.05, 3.63) is 20.8 Å². The van der Waals surface area contributed by atoms with Crippen LogP contribution in [0.3, 0.4) is 0 Å². The molecule has 4 N–H and O–H groups in total. The Kier molecular flexibility index (Phi) is 4.37. The molecule has 6 heteroatoms. The third kappa shape index (κ3) is 2.89. The van der Waals surface area contributed by atoms with Gasteiger partial charge < -0.3 is 11.1 Å². The van der Waals surface area contributed by atoms with E-state index in [0.29, 0.717) is 12.5 Å². The smallest absolute Gasteiger partial charge is 0.329 e. The van der Waals surface area contributed by atoms with Gasteiger partial charge in [-0.2, -0.15) is 0 Å². The van der Waals surface area contributed by atoms with Crippen LogP contribution in [0.15, 0.2) is 9.59 Å². The average molecular weight is 240 g/mol. The van der Waals surface area contributed by atoms with Crippen molar-refractivity contribution in [1.82, 2.24) is 9.55 Å². The molecule has 0 unspecified atom stereocenters. The SMILES string of the molecule is CCC(CC)CNc1c(N)n(C)c(=O)[nH]c1=O. The molecule has 0 aliphatic carbocycles. The Morgan fingerprint density at radius 3 is 2.47 bits per heavy atom. The first kappa shape index (κ1) is 13.3. The van der Waals surface area contributed by atoms with Gasteiger partial charge in [-0.3, -0.25) is 14.3 Å². The minimum Gasteiger partial charge on any atom is -0.383 e. The maximum Gasteiger partial charge on any atom is 0.329 e. The van der Waals surface area contributed by atoms with E-state index >= 15 is 0 Å². The number of anilines is 2. The Labute approximate surface area is 99.8 Å². The van der Waals surface area contributed by atoms with Gasteiger partial charge in [-0.25, -0.2) is 4.79 Å². The summed E-state index contributed by atoms with van der Waals surface area (Å²) in [7, 11) is 1.52. The van der Waals surface area contributed by atoms with Gasteiger partial charge in [0, 0.05) is 13.6 Å². The highest BCUT2D eigenvalue weighted by molar-refractivity contribution is 5.60. The Bertz CT molecular complexity index is 485. The molecule has 0 saturated heterocycles.